The molecule has 1 aromatic rings. The number of anilines is 2. The summed E-state index contributed by atoms with van der Waals surface area (Å²) in [5, 5.41) is 14.8. The molecule has 0 saturated heterocycles. The Kier molecular flexibility index (Phi) is 0.560. The fourth-order valence-electron chi connectivity index (χ4n) is 0.434. The molecule has 0 spiro atoms. The largest absolute Gasteiger partial charge is 0.378 e. The molecule has 7 nitrogen and oxygen atoms in total. The summed E-state index contributed by atoms with van der Waals surface area (Å²) in [6.07, 6.45) is 0. The lowest BCUT2D eigenvalue weighted by molar-refractivity contribution is 0.310. The molecule has 2 rings (SSSR count). The van der Waals surface area contributed by atoms with Crippen molar-refractivity contribution in [1.29, 1.82) is 0 Å². The second-order valence-electron chi connectivity index (χ2n) is 1.44. The summed E-state index contributed by atoms with van der Waals surface area (Å²) in [7, 11) is 0. The lowest BCUT2D eigenvalue weighted by atomic mass is 10.7. The molecule has 1 aromatic heterocycles. The summed E-state index contributed by atoms with van der Waals surface area (Å²) in [5.74, 6) is 0.537. The highest BCUT2D eigenvalue weighted by atomic mass is 16.6. The van der Waals surface area contributed by atoms with Crippen molar-refractivity contribution >= 4 is 11.6 Å². The van der Waals surface area contributed by atoms with Gasteiger partial charge in [0.05, 0.1) is 0 Å². The van der Waals surface area contributed by atoms with Crippen molar-refractivity contribution in [2.24, 2.45) is 10.4 Å². The molecule has 2 N–H and O–H groups in total. The van der Waals surface area contributed by atoms with E-state index in [9.17, 15) is 0 Å². The lowest BCUT2D eigenvalue weighted by Gasteiger charge is -1.83. The zero-order valence-electron chi connectivity index (χ0n) is 4.22. The van der Waals surface area contributed by atoms with Crippen molar-refractivity contribution < 1.29 is 4.63 Å². The Balaban J connectivity index is 2.36. The molecule has 9 heavy (non-hydrogen) atoms. The number of rotatable bonds is 1. The number of nitrogen functional groups attached to an aromatic ring is 1. The van der Waals surface area contributed by atoms with Crippen molar-refractivity contribution in [3.05, 3.63) is 0 Å². The van der Waals surface area contributed by atoms with Gasteiger partial charge < -0.3 is 5.73 Å². The van der Waals surface area contributed by atoms with Crippen LogP contribution in [0.5, 0.6) is 0 Å². The molecule has 0 bridgehead atoms. The predicted octanol–water partition coefficient (Wildman–Crippen LogP) is -0.246. The quantitative estimate of drug-likeness (QED) is 0.560. The smallest absolute Gasteiger partial charge is 0.265 e. The first-order valence-electron chi connectivity index (χ1n) is 2.17. The van der Waals surface area contributed by atoms with Crippen molar-refractivity contribution in [3.8, 4) is 0 Å². The zero-order chi connectivity index (χ0) is 6.27. The van der Waals surface area contributed by atoms with E-state index in [2.05, 4.69) is 25.4 Å². The first-order valence-corrected chi connectivity index (χ1v) is 2.17. The third-order valence-corrected chi connectivity index (χ3v) is 0.864. The molecular formula is C2H2N6O. The van der Waals surface area contributed by atoms with Crippen LogP contribution in [0.25, 0.3) is 0 Å². The molecule has 7 heteroatoms. The van der Waals surface area contributed by atoms with Crippen LogP contribution in [0.4, 0.5) is 11.6 Å². The molecule has 0 radical (unpaired) electrons. The third-order valence-electron chi connectivity index (χ3n) is 0.864. The number of nitrogens with two attached hydrogens (primary N) is 1. The Bertz CT molecular complexity index is 245. The lowest BCUT2D eigenvalue weighted by Crippen LogP contribution is -1.94. The summed E-state index contributed by atoms with van der Waals surface area (Å²) in [6.45, 7) is 0. The molecule has 2 heterocycles. The normalized spacial score (nSPS) is 14.4. The average molecular weight is 126 g/mol. The highest BCUT2D eigenvalue weighted by Crippen LogP contribution is 2.24. The van der Waals surface area contributed by atoms with Gasteiger partial charge in [0, 0.05) is 0 Å². The van der Waals surface area contributed by atoms with Crippen LogP contribution in [0, 0.1) is 0 Å². The minimum absolute atomic E-state index is 0.194. The zero-order valence-corrected chi connectivity index (χ0v) is 4.22. The number of nitrogens with zero attached hydrogens (tertiary/aromatic N) is 5. The van der Waals surface area contributed by atoms with E-state index in [0.29, 0.717) is 5.82 Å². The van der Waals surface area contributed by atoms with Gasteiger partial charge in [0.2, 0.25) is 5.82 Å². The average Bonchev–Trinajstić information content (AvgIpc) is 2.58. The van der Waals surface area contributed by atoms with Gasteiger partial charge in [-0.2, -0.15) is 0 Å². The number of hydrogen-bond acceptors (Lipinski definition) is 7. The molecule has 1 aliphatic heterocycles. The van der Waals surface area contributed by atoms with Crippen LogP contribution >= 0.6 is 0 Å². The maximum atomic E-state index is 5.25. The van der Waals surface area contributed by atoms with Gasteiger partial charge in [0.25, 0.3) is 5.82 Å². The van der Waals surface area contributed by atoms with Crippen LogP contribution in [0.2, 0.25) is 0 Å². The van der Waals surface area contributed by atoms with Crippen LogP contribution in [-0.2, 0) is 0 Å². The van der Waals surface area contributed by atoms with Gasteiger partial charge in [-0.15, -0.1) is 0 Å². The Labute approximate surface area is 49.0 Å². The molecule has 0 fully saturated rings. The summed E-state index contributed by atoms with van der Waals surface area (Å²) in [6, 6.07) is 0. The molecule has 0 aliphatic carbocycles. The minimum Gasteiger partial charge on any atom is -0.378 e. The second-order valence-corrected chi connectivity index (χ2v) is 1.44. The van der Waals surface area contributed by atoms with Crippen molar-refractivity contribution in [2.75, 3.05) is 10.9 Å². The monoisotopic (exact) mass is 126 g/mol. The van der Waals surface area contributed by atoms with Crippen LogP contribution in [0.15, 0.2) is 15.1 Å². The topological polar surface area (TPSA) is 92.7 Å². The summed E-state index contributed by atoms with van der Waals surface area (Å²) in [5.41, 5.74) is 5.25. The van der Waals surface area contributed by atoms with E-state index >= 15 is 0 Å². The van der Waals surface area contributed by atoms with E-state index in [-0.39, 0.29) is 5.82 Å². The Morgan fingerprint density at radius 2 is 2.11 bits per heavy atom. The van der Waals surface area contributed by atoms with Crippen LogP contribution in [-0.4, -0.2) is 10.3 Å². The van der Waals surface area contributed by atoms with Crippen LogP contribution in [0.1, 0.15) is 0 Å². The molecular weight excluding hydrogens is 124 g/mol. The van der Waals surface area contributed by atoms with Gasteiger partial charge in [-0.3, -0.25) is 0 Å². The van der Waals surface area contributed by atoms with Gasteiger partial charge in [0.15, 0.2) is 0 Å². The molecule has 0 aromatic carbocycles. The van der Waals surface area contributed by atoms with E-state index in [1.165, 1.54) is 5.12 Å². The van der Waals surface area contributed by atoms with E-state index in [1.807, 2.05) is 0 Å². The van der Waals surface area contributed by atoms with Gasteiger partial charge in [-0.1, -0.05) is 5.12 Å². The standard InChI is InChI=1S/C2H2N6O/c3-1-2(5-9-4-1)8-6-7-8/h(H2,3,4). The first kappa shape index (κ1) is 4.24. The Morgan fingerprint density at radius 3 is 2.56 bits per heavy atom. The molecule has 0 unspecified atom stereocenters. The molecule has 0 atom stereocenters. The number of aromatic nitrogens is 2. The van der Waals surface area contributed by atoms with Crippen molar-refractivity contribution in [2.45, 2.75) is 0 Å². The van der Waals surface area contributed by atoms with Crippen LogP contribution in [0.3, 0.4) is 0 Å². The minimum atomic E-state index is 0.194. The fourth-order valence-corrected chi connectivity index (χ4v) is 0.434. The van der Waals surface area contributed by atoms with Gasteiger partial charge >= 0.3 is 0 Å². The van der Waals surface area contributed by atoms with Crippen molar-refractivity contribution in [1.82, 2.24) is 10.3 Å². The molecule has 0 saturated carbocycles. The van der Waals surface area contributed by atoms with Crippen LogP contribution < -0.4 is 10.9 Å². The molecule has 46 valence electrons. The highest BCUT2D eigenvalue weighted by molar-refractivity contribution is 5.55. The van der Waals surface area contributed by atoms with Gasteiger partial charge in [-0.05, 0) is 20.8 Å². The molecule has 1 aliphatic rings. The SMILES string of the molecule is Nc1nonc1N1N=N1. The third kappa shape index (κ3) is 0.507. The summed E-state index contributed by atoms with van der Waals surface area (Å²) in [4.78, 5) is 0. The molecule has 0 amide bonds. The highest BCUT2D eigenvalue weighted by Gasteiger charge is 2.22. The van der Waals surface area contributed by atoms with E-state index in [0.717, 1.165) is 0 Å². The second kappa shape index (κ2) is 1.19. The van der Waals surface area contributed by atoms with E-state index < -0.39 is 0 Å². The number of hydrogen-bond donors (Lipinski definition) is 1. The maximum Gasteiger partial charge on any atom is 0.265 e. The first-order chi connectivity index (χ1) is 4.38. The Morgan fingerprint density at radius 1 is 1.33 bits per heavy atom. The summed E-state index contributed by atoms with van der Waals surface area (Å²) >= 11 is 0. The maximum absolute atomic E-state index is 5.25. The van der Waals surface area contributed by atoms with E-state index in [4.69, 9.17) is 5.73 Å². The fraction of sp³-hybridized carbons (Fsp3) is 0. The predicted molar refractivity (Wildman–Crippen MR) is 26.0 cm³/mol. The van der Waals surface area contributed by atoms with Gasteiger partial charge in [0.1, 0.15) is 0 Å². The Hall–Kier alpha value is -1.66. The van der Waals surface area contributed by atoms with E-state index in [1.54, 1.807) is 0 Å². The summed E-state index contributed by atoms with van der Waals surface area (Å²) < 4.78 is 4.26. The van der Waals surface area contributed by atoms with Crippen molar-refractivity contribution in [3.63, 3.8) is 0 Å². The van der Waals surface area contributed by atoms with Gasteiger partial charge in [-0.25, -0.2) is 4.63 Å².